The smallest absolute Gasteiger partial charge is 0.279 e. The first-order valence-corrected chi connectivity index (χ1v) is 12.6. The van der Waals surface area contributed by atoms with Gasteiger partial charge in [-0.15, -0.1) is 0 Å². The van der Waals surface area contributed by atoms with Crippen molar-refractivity contribution in [2.24, 2.45) is 0 Å². The molecule has 0 amide bonds. The minimum atomic E-state index is -3.96. The van der Waals surface area contributed by atoms with Gasteiger partial charge in [-0.05, 0) is 62.6 Å². The number of aromatic nitrogens is 3. The summed E-state index contributed by atoms with van der Waals surface area (Å²) >= 11 is 0. The molecule has 0 aliphatic carbocycles. The SMILES string of the molecule is Cc1ccc(S(=O)(=O)Nc2ccnc3c2c(-c2cc4c(cc2F)CCN4C)cn3C(C)C)nc1. The van der Waals surface area contributed by atoms with Crippen molar-refractivity contribution in [1.29, 1.82) is 0 Å². The number of aryl methyl sites for hydroxylation is 1. The van der Waals surface area contributed by atoms with Crippen LogP contribution in [0.3, 0.4) is 0 Å². The van der Waals surface area contributed by atoms with Gasteiger partial charge >= 0.3 is 0 Å². The zero-order valence-electron chi connectivity index (χ0n) is 19.5. The van der Waals surface area contributed by atoms with Crippen LogP contribution in [-0.4, -0.2) is 36.5 Å². The van der Waals surface area contributed by atoms with E-state index >= 15 is 4.39 Å². The molecule has 5 rings (SSSR count). The first-order chi connectivity index (χ1) is 16.2. The van der Waals surface area contributed by atoms with Crippen LogP contribution in [0.4, 0.5) is 15.8 Å². The number of nitrogens with zero attached hydrogens (tertiary/aromatic N) is 4. The summed E-state index contributed by atoms with van der Waals surface area (Å²) in [5.74, 6) is -0.338. The lowest BCUT2D eigenvalue weighted by Gasteiger charge is -2.14. The second-order valence-corrected chi connectivity index (χ2v) is 10.6. The summed E-state index contributed by atoms with van der Waals surface area (Å²) in [7, 11) is -1.97. The number of rotatable bonds is 5. The maximum atomic E-state index is 15.4. The monoisotopic (exact) mass is 479 g/mol. The maximum absolute atomic E-state index is 15.4. The van der Waals surface area contributed by atoms with E-state index in [4.69, 9.17) is 0 Å². The number of likely N-dealkylation sites (N-methyl/N-ethyl adjacent to an activating group) is 1. The van der Waals surface area contributed by atoms with E-state index in [0.717, 1.165) is 29.8 Å². The van der Waals surface area contributed by atoms with Gasteiger partial charge in [-0.25, -0.2) is 14.4 Å². The highest BCUT2D eigenvalue weighted by Crippen LogP contribution is 2.41. The minimum absolute atomic E-state index is 0.0366. The van der Waals surface area contributed by atoms with Crippen LogP contribution in [0.1, 0.15) is 31.0 Å². The predicted molar refractivity (Wildman–Crippen MR) is 132 cm³/mol. The van der Waals surface area contributed by atoms with E-state index < -0.39 is 10.0 Å². The van der Waals surface area contributed by atoms with Crippen LogP contribution in [0.2, 0.25) is 0 Å². The van der Waals surface area contributed by atoms with Crippen molar-refractivity contribution in [3.63, 3.8) is 0 Å². The number of anilines is 2. The van der Waals surface area contributed by atoms with Crippen LogP contribution in [-0.2, 0) is 16.4 Å². The summed E-state index contributed by atoms with van der Waals surface area (Å²) in [6.07, 6.45) is 5.71. The van der Waals surface area contributed by atoms with Crippen molar-refractivity contribution in [2.75, 3.05) is 23.2 Å². The first-order valence-electron chi connectivity index (χ1n) is 11.1. The third-order valence-corrected chi connectivity index (χ3v) is 7.54. The Morgan fingerprint density at radius 1 is 1.12 bits per heavy atom. The fourth-order valence-electron chi connectivity index (χ4n) is 4.44. The Kier molecular flexibility index (Phi) is 5.31. The summed E-state index contributed by atoms with van der Waals surface area (Å²) in [5, 5.41) is 0.463. The minimum Gasteiger partial charge on any atom is -0.374 e. The molecule has 0 saturated carbocycles. The number of pyridine rings is 2. The van der Waals surface area contributed by atoms with Gasteiger partial charge in [0.1, 0.15) is 11.5 Å². The van der Waals surface area contributed by atoms with Gasteiger partial charge < -0.3 is 9.47 Å². The summed E-state index contributed by atoms with van der Waals surface area (Å²) in [5.41, 5.74) is 4.73. The van der Waals surface area contributed by atoms with Crippen LogP contribution in [0.5, 0.6) is 0 Å². The molecular weight excluding hydrogens is 453 g/mol. The number of fused-ring (bicyclic) bond motifs is 2. The molecule has 0 saturated heterocycles. The second kappa shape index (κ2) is 8.09. The Morgan fingerprint density at radius 3 is 2.62 bits per heavy atom. The Hall–Kier alpha value is -3.46. The van der Waals surface area contributed by atoms with Crippen molar-refractivity contribution in [2.45, 2.75) is 38.3 Å². The lowest BCUT2D eigenvalue weighted by molar-refractivity contribution is 0.597. The van der Waals surface area contributed by atoms with Crippen LogP contribution < -0.4 is 9.62 Å². The average molecular weight is 480 g/mol. The standard InChI is InChI=1S/C25H26FN5O2S/c1-15(2)31-14-19(18-12-22-17(11-20(18)26)8-10-30(22)4)24-21(7-9-27-25(24)31)29-34(32,33)23-6-5-16(3)13-28-23/h5-7,9,11-15H,8,10H2,1-4H3,(H,27,29). The van der Waals surface area contributed by atoms with E-state index in [1.54, 1.807) is 24.4 Å². The largest absolute Gasteiger partial charge is 0.374 e. The zero-order valence-corrected chi connectivity index (χ0v) is 20.3. The number of halogens is 1. The van der Waals surface area contributed by atoms with Gasteiger partial charge in [-0.1, -0.05) is 6.07 Å². The number of sulfonamides is 1. The molecule has 7 nitrogen and oxygen atoms in total. The van der Waals surface area contributed by atoms with Crippen LogP contribution in [0.15, 0.2) is 53.9 Å². The highest BCUT2D eigenvalue weighted by atomic mass is 32.2. The molecular formula is C25H26FN5O2S. The quantitative estimate of drug-likeness (QED) is 0.440. The number of hydrogen-bond acceptors (Lipinski definition) is 5. The second-order valence-electron chi connectivity index (χ2n) is 9.01. The molecule has 1 aliphatic heterocycles. The molecule has 34 heavy (non-hydrogen) atoms. The summed E-state index contributed by atoms with van der Waals surface area (Å²) in [6, 6.07) is 8.23. The maximum Gasteiger partial charge on any atom is 0.279 e. The van der Waals surface area contributed by atoms with Gasteiger partial charge in [-0.2, -0.15) is 8.42 Å². The average Bonchev–Trinajstić information content (AvgIpc) is 3.34. The van der Waals surface area contributed by atoms with Crippen molar-refractivity contribution >= 4 is 32.4 Å². The fraction of sp³-hybridized carbons (Fsp3) is 0.280. The van der Waals surface area contributed by atoms with E-state index in [9.17, 15) is 8.42 Å². The molecule has 4 heterocycles. The van der Waals surface area contributed by atoms with Gasteiger partial charge in [0.05, 0.1) is 11.1 Å². The Balaban J connectivity index is 1.72. The number of hydrogen-bond donors (Lipinski definition) is 1. The van der Waals surface area contributed by atoms with Crippen LogP contribution in [0.25, 0.3) is 22.2 Å². The topological polar surface area (TPSA) is 80.1 Å². The molecule has 9 heteroatoms. The van der Waals surface area contributed by atoms with E-state index in [2.05, 4.69) is 19.6 Å². The molecule has 0 bridgehead atoms. The lowest BCUT2D eigenvalue weighted by Crippen LogP contribution is -2.15. The van der Waals surface area contributed by atoms with Crippen molar-refractivity contribution in [1.82, 2.24) is 14.5 Å². The van der Waals surface area contributed by atoms with E-state index in [-0.39, 0.29) is 16.9 Å². The molecule has 3 aromatic heterocycles. The molecule has 176 valence electrons. The molecule has 0 fully saturated rings. The van der Waals surface area contributed by atoms with Gasteiger partial charge in [0, 0.05) is 55.0 Å². The molecule has 0 spiro atoms. The van der Waals surface area contributed by atoms with E-state index in [1.807, 2.05) is 44.6 Å². The predicted octanol–water partition coefficient (Wildman–Crippen LogP) is 4.92. The summed E-state index contributed by atoms with van der Waals surface area (Å²) in [4.78, 5) is 10.7. The molecule has 0 atom stereocenters. The molecule has 1 N–H and O–H groups in total. The molecule has 0 radical (unpaired) electrons. The Labute approximate surface area is 198 Å². The Bertz CT molecular complexity index is 1510. The number of benzene rings is 1. The number of nitrogens with one attached hydrogen (secondary N) is 1. The zero-order chi connectivity index (χ0) is 24.2. The lowest BCUT2D eigenvalue weighted by atomic mass is 10.0. The van der Waals surface area contributed by atoms with E-state index in [0.29, 0.717) is 27.8 Å². The summed E-state index contributed by atoms with van der Waals surface area (Å²) < 4.78 is 46.2. The third-order valence-electron chi connectivity index (χ3n) is 6.26. The Morgan fingerprint density at radius 2 is 1.91 bits per heavy atom. The third kappa shape index (κ3) is 3.69. The van der Waals surface area contributed by atoms with Gasteiger partial charge in [0.25, 0.3) is 10.0 Å². The highest BCUT2D eigenvalue weighted by Gasteiger charge is 2.25. The van der Waals surface area contributed by atoms with Gasteiger partial charge in [0.2, 0.25) is 0 Å². The van der Waals surface area contributed by atoms with Crippen LogP contribution in [0, 0.1) is 12.7 Å². The fourth-order valence-corrected chi connectivity index (χ4v) is 5.45. The van der Waals surface area contributed by atoms with Crippen molar-refractivity contribution < 1.29 is 12.8 Å². The summed E-state index contributed by atoms with van der Waals surface area (Å²) in [6.45, 7) is 6.68. The van der Waals surface area contributed by atoms with E-state index in [1.165, 1.54) is 12.3 Å². The molecule has 0 unspecified atom stereocenters. The van der Waals surface area contributed by atoms with Crippen molar-refractivity contribution in [3.05, 3.63) is 65.9 Å². The normalized spacial score (nSPS) is 13.6. The molecule has 4 aromatic rings. The molecule has 1 aliphatic rings. The molecule has 1 aromatic carbocycles. The van der Waals surface area contributed by atoms with Gasteiger partial charge in [0.15, 0.2) is 5.03 Å². The van der Waals surface area contributed by atoms with Crippen LogP contribution >= 0.6 is 0 Å². The van der Waals surface area contributed by atoms with Gasteiger partial charge in [-0.3, -0.25) is 4.72 Å². The highest BCUT2D eigenvalue weighted by molar-refractivity contribution is 7.92. The van der Waals surface area contributed by atoms with Crippen molar-refractivity contribution in [3.8, 4) is 11.1 Å². The first kappa shape index (κ1) is 22.3.